The number of nitrogens with two attached hydrogens (primary N) is 1. The Morgan fingerprint density at radius 1 is 1.11 bits per heavy atom. The third kappa shape index (κ3) is 4.17. The first-order valence-corrected chi connectivity index (χ1v) is 13.4. The summed E-state index contributed by atoms with van der Waals surface area (Å²) in [5.74, 6) is 1.55. The second-order valence-electron chi connectivity index (χ2n) is 10.2. The normalized spacial score (nSPS) is 18.1. The van der Waals surface area contributed by atoms with Crippen molar-refractivity contribution in [1.29, 1.82) is 0 Å². The van der Waals surface area contributed by atoms with Gasteiger partial charge in [-0.3, -0.25) is 4.57 Å². The van der Waals surface area contributed by atoms with E-state index in [1.807, 2.05) is 74.0 Å². The maximum atomic E-state index is 15.2. The molecule has 0 bridgehead atoms. The van der Waals surface area contributed by atoms with Crippen LogP contribution in [0.3, 0.4) is 0 Å². The quantitative estimate of drug-likeness (QED) is 0.351. The summed E-state index contributed by atoms with van der Waals surface area (Å²) >= 11 is 0. The van der Waals surface area contributed by atoms with E-state index in [9.17, 15) is 4.21 Å². The predicted molar refractivity (Wildman–Crippen MR) is 146 cm³/mol. The summed E-state index contributed by atoms with van der Waals surface area (Å²) in [6.45, 7) is 5.59. The van der Waals surface area contributed by atoms with Gasteiger partial charge in [0.1, 0.15) is 17.5 Å². The van der Waals surface area contributed by atoms with Crippen molar-refractivity contribution in [2.75, 3.05) is 5.73 Å². The molecule has 3 atom stereocenters. The van der Waals surface area contributed by atoms with E-state index in [-0.39, 0.29) is 6.42 Å². The molecule has 0 radical (unpaired) electrons. The van der Waals surface area contributed by atoms with Gasteiger partial charge in [0.05, 0.1) is 27.3 Å². The number of fused-ring (bicyclic) bond motifs is 2. The highest BCUT2D eigenvalue weighted by Crippen LogP contribution is 2.38. The molecule has 0 saturated carbocycles. The van der Waals surface area contributed by atoms with Gasteiger partial charge < -0.3 is 5.73 Å². The molecule has 9 nitrogen and oxygen atoms in total. The molecule has 5 aromatic rings. The van der Waals surface area contributed by atoms with Crippen LogP contribution in [-0.4, -0.2) is 44.4 Å². The Bertz CT molecular complexity index is 1670. The van der Waals surface area contributed by atoms with Crippen LogP contribution < -0.4 is 10.5 Å². The number of pyridine rings is 2. The lowest BCUT2D eigenvalue weighted by atomic mass is 10.1. The SMILES string of the molecule is CC(C)(C)S(=O)N[C@@H]1c2ccc(-n3c(-c4cccnc4N)nc4ccc(-n5cccn5)nc43)cc2CC1F. The van der Waals surface area contributed by atoms with Crippen LogP contribution in [0.2, 0.25) is 0 Å². The number of imidazole rings is 1. The summed E-state index contributed by atoms with van der Waals surface area (Å²) in [6, 6.07) is 14.3. The molecule has 3 N–H and O–H groups in total. The van der Waals surface area contributed by atoms with Crippen LogP contribution in [0.1, 0.15) is 37.9 Å². The van der Waals surface area contributed by atoms with Gasteiger partial charge in [0, 0.05) is 30.7 Å². The standard InChI is InChI=1S/C27H27FN8OS/c1-27(2,3)38(37)34-23-18-8-7-17(14-16(18)15-20(23)28)36-25(19-6-4-11-30-24(19)29)32-21-9-10-22(33-26(21)36)35-13-5-12-31-35/h4-14,20,23,34H,15H2,1-3H3,(H2,29,30)/t20?,23-,38?/m1/s1. The van der Waals surface area contributed by atoms with Crippen molar-refractivity contribution in [3.05, 3.63) is 78.2 Å². The maximum Gasteiger partial charge on any atom is 0.167 e. The molecule has 11 heteroatoms. The molecule has 0 aliphatic heterocycles. The molecule has 4 aromatic heterocycles. The minimum absolute atomic E-state index is 0.213. The van der Waals surface area contributed by atoms with Crippen molar-refractivity contribution in [2.45, 2.75) is 44.2 Å². The third-order valence-corrected chi connectivity index (χ3v) is 8.18. The van der Waals surface area contributed by atoms with Crippen LogP contribution in [0.4, 0.5) is 10.2 Å². The third-order valence-electron chi connectivity index (χ3n) is 6.59. The lowest BCUT2D eigenvalue weighted by Crippen LogP contribution is -2.37. The van der Waals surface area contributed by atoms with Gasteiger partial charge in [-0.2, -0.15) is 5.10 Å². The average Bonchev–Trinajstić information content (AvgIpc) is 3.61. The van der Waals surface area contributed by atoms with Gasteiger partial charge in [-0.05, 0) is 74.4 Å². The fourth-order valence-electron chi connectivity index (χ4n) is 4.67. The number of hydrogen-bond acceptors (Lipinski definition) is 6. The summed E-state index contributed by atoms with van der Waals surface area (Å²) < 4.78 is 34.0. The molecule has 0 amide bonds. The summed E-state index contributed by atoms with van der Waals surface area (Å²) in [4.78, 5) is 14.0. The predicted octanol–water partition coefficient (Wildman–Crippen LogP) is 4.24. The molecular formula is C27H27FN8OS. The molecule has 4 heterocycles. The number of nitrogens with zero attached hydrogens (tertiary/aromatic N) is 6. The Hall–Kier alpha value is -3.96. The van der Waals surface area contributed by atoms with Gasteiger partial charge >= 0.3 is 0 Å². The fourth-order valence-corrected chi connectivity index (χ4v) is 5.53. The van der Waals surface area contributed by atoms with Crippen LogP contribution in [0.5, 0.6) is 0 Å². The number of nitrogen functional groups attached to an aromatic ring is 1. The zero-order chi connectivity index (χ0) is 26.6. The number of hydrogen-bond donors (Lipinski definition) is 2. The smallest absolute Gasteiger partial charge is 0.167 e. The molecule has 0 spiro atoms. The second-order valence-corrected chi connectivity index (χ2v) is 12.2. The zero-order valence-corrected chi connectivity index (χ0v) is 22.0. The highest BCUT2D eigenvalue weighted by molar-refractivity contribution is 7.84. The summed E-state index contributed by atoms with van der Waals surface area (Å²) in [5, 5.41) is 4.30. The van der Waals surface area contributed by atoms with Gasteiger partial charge in [0.25, 0.3) is 0 Å². The Morgan fingerprint density at radius 2 is 1.95 bits per heavy atom. The minimum atomic E-state index is -1.40. The number of halogens is 1. The maximum absolute atomic E-state index is 15.2. The molecule has 0 fully saturated rings. The lowest BCUT2D eigenvalue weighted by molar-refractivity contribution is 0.291. The van der Waals surface area contributed by atoms with E-state index in [2.05, 4.69) is 14.8 Å². The molecule has 1 aliphatic rings. The lowest BCUT2D eigenvalue weighted by Gasteiger charge is -2.23. The van der Waals surface area contributed by atoms with E-state index in [4.69, 9.17) is 15.7 Å². The Kier molecular flexibility index (Phi) is 5.84. The summed E-state index contributed by atoms with van der Waals surface area (Å²) in [5.41, 5.74) is 10.6. The van der Waals surface area contributed by atoms with Crippen LogP contribution in [0, 0.1) is 0 Å². The van der Waals surface area contributed by atoms with Crippen LogP contribution in [-0.2, 0) is 17.4 Å². The van der Waals surface area contributed by atoms with Crippen molar-refractivity contribution in [1.82, 2.24) is 34.0 Å². The van der Waals surface area contributed by atoms with Crippen molar-refractivity contribution in [2.24, 2.45) is 0 Å². The Labute approximate surface area is 221 Å². The number of alkyl halides is 1. The molecule has 1 aliphatic carbocycles. The first-order valence-electron chi connectivity index (χ1n) is 12.3. The van der Waals surface area contributed by atoms with Crippen LogP contribution in [0.15, 0.2) is 67.1 Å². The zero-order valence-electron chi connectivity index (χ0n) is 21.2. The summed E-state index contributed by atoms with van der Waals surface area (Å²) in [7, 11) is -1.40. The second kappa shape index (κ2) is 9.10. The van der Waals surface area contributed by atoms with Crippen molar-refractivity contribution in [3.8, 4) is 22.9 Å². The average molecular weight is 531 g/mol. The van der Waals surface area contributed by atoms with E-state index in [0.29, 0.717) is 34.2 Å². The van der Waals surface area contributed by atoms with E-state index < -0.39 is 27.9 Å². The van der Waals surface area contributed by atoms with E-state index in [1.165, 1.54) is 0 Å². The molecule has 6 rings (SSSR count). The van der Waals surface area contributed by atoms with Crippen LogP contribution >= 0.6 is 0 Å². The van der Waals surface area contributed by atoms with Gasteiger partial charge in [0.15, 0.2) is 17.3 Å². The molecular weight excluding hydrogens is 503 g/mol. The van der Waals surface area contributed by atoms with E-state index in [0.717, 1.165) is 16.8 Å². The van der Waals surface area contributed by atoms with Gasteiger partial charge in [-0.15, -0.1) is 0 Å². The topological polar surface area (TPSA) is 117 Å². The Morgan fingerprint density at radius 3 is 2.68 bits per heavy atom. The highest BCUT2D eigenvalue weighted by Gasteiger charge is 2.36. The molecule has 0 saturated heterocycles. The minimum Gasteiger partial charge on any atom is -0.383 e. The van der Waals surface area contributed by atoms with Crippen molar-refractivity contribution >= 4 is 28.0 Å². The van der Waals surface area contributed by atoms with Crippen molar-refractivity contribution in [3.63, 3.8) is 0 Å². The van der Waals surface area contributed by atoms with E-state index in [1.54, 1.807) is 23.1 Å². The Balaban J connectivity index is 1.51. The first kappa shape index (κ1) is 24.4. The fraction of sp³-hybridized carbons (Fsp3) is 0.259. The largest absolute Gasteiger partial charge is 0.383 e. The van der Waals surface area contributed by atoms with Crippen LogP contribution in [0.25, 0.3) is 34.1 Å². The van der Waals surface area contributed by atoms with Gasteiger partial charge in [-0.1, -0.05) is 6.07 Å². The first-order chi connectivity index (χ1) is 18.2. The number of rotatable bonds is 5. The number of benzene rings is 1. The number of nitrogens with one attached hydrogen (secondary N) is 1. The molecule has 38 heavy (non-hydrogen) atoms. The monoisotopic (exact) mass is 530 g/mol. The molecule has 194 valence electrons. The molecule has 1 aromatic carbocycles. The number of aromatic nitrogens is 6. The van der Waals surface area contributed by atoms with Gasteiger partial charge in [-0.25, -0.2) is 33.0 Å². The summed E-state index contributed by atoms with van der Waals surface area (Å²) in [6.07, 6.45) is 4.16. The number of anilines is 1. The van der Waals surface area contributed by atoms with E-state index >= 15 is 4.39 Å². The molecule has 2 unspecified atom stereocenters. The van der Waals surface area contributed by atoms with Gasteiger partial charge in [0.2, 0.25) is 0 Å². The highest BCUT2D eigenvalue weighted by atomic mass is 32.2. The van der Waals surface area contributed by atoms with Crippen molar-refractivity contribution < 1.29 is 8.60 Å².